The van der Waals surface area contributed by atoms with Gasteiger partial charge in [-0.25, -0.2) is 4.79 Å². The molecule has 0 saturated carbocycles. The van der Waals surface area contributed by atoms with Crippen LogP contribution in [0.5, 0.6) is 0 Å². The summed E-state index contributed by atoms with van der Waals surface area (Å²) in [4.78, 5) is 14.8. The normalized spacial score (nSPS) is 10.3. The number of hydrogen-bond donors (Lipinski definition) is 1. The van der Waals surface area contributed by atoms with Gasteiger partial charge in [0.1, 0.15) is 5.69 Å². The van der Waals surface area contributed by atoms with Gasteiger partial charge >= 0.3 is 5.97 Å². The average molecular weight is 237 g/mol. The van der Waals surface area contributed by atoms with E-state index in [0.29, 0.717) is 11.6 Å². The van der Waals surface area contributed by atoms with Crippen molar-refractivity contribution in [2.45, 2.75) is 6.54 Å². The summed E-state index contributed by atoms with van der Waals surface area (Å²) in [6.45, 7) is 0.469. The molecular formula is C11H9ClN2O2. The third-order valence-electron chi connectivity index (χ3n) is 2.18. The van der Waals surface area contributed by atoms with E-state index in [2.05, 4.69) is 4.98 Å². The molecule has 2 heterocycles. The van der Waals surface area contributed by atoms with Crippen LogP contribution in [-0.2, 0) is 6.54 Å². The van der Waals surface area contributed by atoms with Gasteiger partial charge in [0.15, 0.2) is 0 Å². The first-order chi connectivity index (χ1) is 7.66. The molecule has 0 atom stereocenters. The second-order valence-electron chi connectivity index (χ2n) is 3.33. The zero-order valence-electron chi connectivity index (χ0n) is 8.30. The van der Waals surface area contributed by atoms with E-state index in [1.54, 1.807) is 23.2 Å². The third-order valence-corrected chi connectivity index (χ3v) is 2.39. The smallest absolute Gasteiger partial charge is 0.352 e. The Morgan fingerprint density at radius 3 is 2.75 bits per heavy atom. The lowest BCUT2D eigenvalue weighted by Gasteiger charge is -2.05. The minimum Gasteiger partial charge on any atom is -0.477 e. The zero-order valence-corrected chi connectivity index (χ0v) is 9.05. The maximum atomic E-state index is 10.9. The summed E-state index contributed by atoms with van der Waals surface area (Å²) in [6, 6.07) is 5.10. The predicted molar refractivity (Wildman–Crippen MR) is 59.7 cm³/mol. The number of nitrogens with zero attached hydrogens (tertiary/aromatic N) is 2. The maximum absolute atomic E-state index is 10.9. The van der Waals surface area contributed by atoms with Gasteiger partial charge in [-0.1, -0.05) is 11.6 Å². The fraction of sp³-hybridized carbons (Fsp3) is 0.0909. The summed E-state index contributed by atoms with van der Waals surface area (Å²) in [5.41, 5.74) is 1.16. The molecular weight excluding hydrogens is 228 g/mol. The molecule has 0 spiro atoms. The van der Waals surface area contributed by atoms with Crippen molar-refractivity contribution in [3.63, 3.8) is 0 Å². The molecule has 2 rings (SSSR count). The molecule has 0 aliphatic carbocycles. The molecule has 5 heteroatoms. The minimum absolute atomic E-state index is 0.182. The molecule has 4 nitrogen and oxygen atoms in total. The summed E-state index contributed by atoms with van der Waals surface area (Å²) in [5.74, 6) is -0.985. The Bertz CT molecular complexity index is 508. The molecule has 82 valence electrons. The first kappa shape index (κ1) is 10.7. The molecule has 0 aliphatic heterocycles. The second-order valence-corrected chi connectivity index (χ2v) is 3.77. The van der Waals surface area contributed by atoms with Gasteiger partial charge in [-0.15, -0.1) is 0 Å². The van der Waals surface area contributed by atoms with Crippen LogP contribution in [0.1, 0.15) is 16.1 Å². The first-order valence-electron chi connectivity index (χ1n) is 4.64. The van der Waals surface area contributed by atoms with Crippen molar-refractivity contribution in [1.82, 2.24) is 9.55 Å². The number of carboxylic acid groups (broad SMARTS) is 1. The lowest BCUT2D eigenvalue weighted by atomic mass is 10.2. The summed E-state index contributed by atoms with van der Waals surface area (Å²) in [5, 5.41) is 9.39. The topological polar surface area (TPSA) is 55.1 Å². The molecule has 2 aromatic heterocycles. The number of halogens is 1. The Labute approximate surface area is 97.1 Å². The highest BCUT2D eigenvalue weighted by atomic mass is 35.5. The molecule has 0 unspecified atom stereocenters. The van der Waals surface area contributed by atoms with Crippen molar-refractivity contribution >= 4 is 17.6 Å². The quantitative estimate of drug-likeness (QED) is 0.890. The summed E-state index contributed by atoms with van der Waals surface area (Å²) < 4.78 is 1.60. The number of carboxylic acids is 1. The lowest BCUT2D eigenvalue weighted by Crippen LogP contribution is -2.08. The van der Waals surface area contributed by atoms with Crippen LogP contribution in [0.3, 0.4) is 0 Å². The number of hydrogen-bond acceptors (Lipinski definition) is 2. The Morgan fingerprint density at radius 2 is 2.12 bits per heavy atom. The van der Waals surface area contributed by atoms with Crippen molar-refractivity contribution in [3.05, 3.63) is 53.1 Å². The summed E-state index contributed by atoms with van der Waals surface area (Å²) in [6.07, 6.45) is 4.94. The first-order valence-corrected chi connectivity index (χ1v) is 5.02. The third kappa shape index (κ3) is 2.23. The molecule has 0 aliphatic rings. The van der Waals surface area contributed by atoms with Gasteiger partial charge in [0, 0.05) is 25.1 Å². The standard InChI is InChI=1S/C11H9ClN2O2/c12-9-5-10(11(15)16)14(7-9)6-8-1-3-13-4-2-8/h1-5,7H,6H2,(H,15,16). The Kier molecular flexibility index (Phi) is 2.92. The van der Waals surface area contributed by atoms with E-state index in [4.69, 9.17) is 16.7 Å². The molecule has 2 aromatic rings. The number of aromatic nitrogens is 2. The molecule has 0 saturated heterocycles. The average Bonchev–Trinajstić information content (AvgIpc) is 2.61. The molecule has 0 fully saturated rings. The van der Waals surface area contributed by atoms with Crippen LogP contribution in [0.25, 0.3) is 0 Å². The van der Waals surface area contributed by atoms with Crippen LogP contribution >= 0.6 is 11.6 Å². The summed E-state index contributed by atoms with van der Waals surface area (Å²) in [7, 11) is 0. The highest BCUT2D eigenvalue weighted by molar-refractivity contribution is 6.30. The Balaban J connectivity index is 2.31. The van der Waals surface area contributed by atoms with E-state index in [1.807, 2.05) is 12.1 Å². The van der Waals surface area contributed by atoms with Gasteiger partial charge in [0.05, 0.1) is 5.02 Å². The van der Waals surface area contributed by atoms with Crippen LogP contribution in [0.15, 0.2) is 36.8 Å². The van der Waals surface area contributed by atoms with Crippen LogP contribution in [0.4, 0.5) is 0 Å². The second kappa shape index (κ2) is 4.37. The predicted octanol–water partition coefficient (Wildman–Crippen LogP) is 2.28. The molecule has 0 amide bonds. The Morgan fingerprint density at radius 1 is 1.44 bits per heavy atom. The van der Waals surface area contributed by atoms with Crippen LogP contribution in [0.2, 0.25) is 5.02 Å². The van der Waals surface area contributed by atoms with Crippen molar-refractivity contribution in [2.24, 2.45) is 0 Å². The molecule has 1 N–H and O–H groups in total. The highest BCUT2D eigenvalue weighted by Gasteiger charge is 2.11. The van der Waals surface area contributed by atoms with Crippen LogP contribution in [0, 0.1) is 0 Å². The van der Waals surface area contributed by atoms with Crippen molar-refractivity contribution in [2.75, 3.05) is 0 Å². The van der Waals surface area contributed by atoms with E-state index < -0.39 is 5.97 Å². The monoisotopic (exact) mass is 236 g/mol. The molecule has 0 radical (unpaired) electrons. The van der Waals surface area contributed by atoms with Gasteiger partial charge in [-0.3, -0.25) is 4.98 Å². The lowest BCUT2D eigenvalue weighted by molar-refractivity contribution is 0.0685. The number of aromatic carboxylic acids is 1. The van der Waals surface area contributed by atoms with E-state index in [-0.39, 0.29) is 5.69 Å². The molecule has 0 aromatic carbocycles. The molecule has 0 bridgehead atoms. The van der Waals surface area contributed by atoms with Gasteiger partial charge in [-0.2, -0.15) is 0 Å². The Hall–Kier alpha value is -1.81. The SMILES string of the molecule is O=C(O)c1cc(Cl)cn1Cc1ccncc1. The zero-order chi connectivity index (χ0) is 11.5. The largest absolute Gasteiger partial charge is 0.477 e. The van der Waals surface area contributed by atoms with E-state index >= 15 is 0 Å². The van der Waals surface area contributed by atoms with Crippen molar-refractivity contribution in [1.29, 1.82) is 0 Å². The number of rotatable bonds is 3. The van der Waals surface area contributed by atoms with Crippen molar-refractivity contribution in [3.8, 4) is 0 Å². The van der Waals surface area contributed by atoms with E-state index in [9.17, 15) is 4.79 Å². The summed E-state index contributed by atoms with van der Waals surface area (Å²) >= 11 is 5.78. The minimum atomic E-state index is -0.985. The highest BCUT2D eigenvalue weighted by Crippen LogP contribution is 2.15. The van der Waals surface area contributed by atoms with Gasteiger partial charge < -0.3 is 9.67 Å². The molecule has 16 heavy (non-hydrogen) atoms. The van der Waals surface area contributed by atoms with Crippen LogP contribution in [-0.4, -0.2) is 20.6 Å². The van der Waals surface area contributed by atoms with Crippen molar-refractivity contribution < 1.29 is 9.90 Å². The van der Waals surface area contributed by atoms with Gasteiger partial charge in [0.2, 0.25) is 0 Å². The number of carbonyl (C=O) groups is 1. The fourth-order valence-corrected chi connectivity index (χ4v) is 1.69. The van der Waals surface area contributed by atoms with E-state index in [0.717, 1.165) is 5.56 Å². The fourth-order valence-electron chi connectivity index (χ4n) is 1.47. The maximum Gasteiger partial charge on any atom is 0.352 e. The van der Waals surface area contributed by atoms with E-state index in [1.165, 1.54) is 6.07 Å². The van der Waals surface area contributed by atoms with Gasteiger partial charge in [0.25, 0.3) is 0 Å². The van der Waals surface area contributed by atoms with Gasteiger partial charge in [-0.05, 0) is 23.8 Å². The van der Waals surface area contributed by atoms with Crippen LogP contribution < -0.4 is 0 Å². The number of pyridine rings is 1.